The van der Waals surface area contributed by atoms with Crippen LogP contribution in [0.15, 0.2) is 38.2 Å². The largest absolute Gasteiger partial charge is 0.599 e. The fourth-order valence-electron chi connectivity index (χ4n) is 0. The van der Waals surface area contributed by atoms with Gasteiger partial charge in [-0.3, -0.25) is 0 Å². The molecule has 0 saturated heterocycles. The molecular formula is C8H14O3. The average Bonchev–Trinajstić information content (AvgIpc) is 1.93. The fourth-order valence-corrected chi connectivity index (χ4v) is 0. The van der Waals surface area contributed by atoms with Crippen molar-refractivity contribution in [1.29, 1.82) is 0 Å². The van der Waals surface area contributed by atoms with Crippen molar-refractivity contribution in [3.8, 4) is 0 Å². The minimum atomic E-state index is -1.19. The van der Waals surface area contributed by atoms with E-state index in [1.165, 1.54) is 6.92 Å². The van der Waals surface area contributed by atoms with Gasteiger partial charge < -0.3 is 15.0 Å². The number of carboxylic acid groups (broad SMARTS) is 1. The predicted octanol–water partition coefficient (Wildman–Crippen LogP) is -0.0309. The minimum absolute atomic E-state index is 0.0648. The molecule has 0 saturated carbocycles. The van der Waals surface area contributed by atoms with Crippen molar-refractivity contribution in [3.63, 3.8) is 0 Å². The van der Waals surface area contributed by atoms with Gasteiger partial charge in [-0.25, -0.2) is 0 Å². The summed E-state index contributed by atoms with van der Waals surface area (Å²) in [5.74, 6) is -1.19. The maximum atomic E-state index is 9.49. The zero-order valence-corrected chi connectivity index (χ0v) is 6.72. The van der Waals surface area contributed by atoms with Gasteiger partial charge in [0.25, 0.3) is 0 Å². The highest BCUT2D eigenvalue weighted by Crippen LogP contribution is 1.77. The van der Waals surface area contributed by atoms with Crippen molar-refractivity contribution in [2.45, 2.75) is 6.92 Å². The number of carbonyl (C=O) groups excluding carboxylic acids is 1. The Hall–Kier alpha value is -1.51. The topological polar surface area (TPSA) is 63.0 Å². The Morgan fingerprint density at radius 3 is 1.64 bits per heavy atom. The summed E-state index contributed by atoms with van der Waals surface area (Å²) < 4.78 is 0. The molecule has 0 aromatic carbocycles. The molecule has 0 spiro atoms. The molecule has 3 heteroatoms. The SMILES string of the molecule is C=C.C=C(C)C(=O)[O-].C=C[OH2+]. The molecule has 0 aliphatic heterocycles. The summed E-state index contributed by atoms with van der Waals surface area (Å²) in [6.45, 7) is 13.5. The third kappa shape index (κ3) is 57.7. The van der Waals surface area contributed by atoms with E-state index in [4.69, 9.17) is 5.11 Å². The summed E-state index contributed by atoms with van der Waals surface area (Å²) in [7, 11) is 0. The molecule has 0 aliphatic rings. The highest BCUT2D eigenvalue weighted by Gasteiger charge is 1.76. The number of carbonyl (C=O) groups is 1. The molecule has 0 unspecified atom stereocenters. The molecule has 11 heavy (non-hydrogen) atoms. The molecule has 0 amide bonds. The molecule has 0 aliphatic carbocycles. The van der Waals surface area contributed by atoms with Crippen LogP contribution < -0.4 is 5.11 Å². The lowest BCUT2D eigenvalue weighted by Crippen LogP contribution is -2.22. The number of aliphatic carboxylic acids is 1. The van der Waals surface area contributed by atoms with Crippen LogP contribution in [0, 0.1) is 0 Å². The smallest absolute Gasteiger partial charge is 0.209 e. The molecule has 0 radical (unpaired) electrons. The quantitative estimate of drug-likeness (QED) is 0.233. The van der Waals surface area contributed by atoms with Crippen LogP contribution in [0.3, 0.4) is 0 Å². The Morgan fingerprint density at radius 1 is 1.55 bits per heavy atom. The van der Waals surface area contributed by atoms with Gasteiger partial charge in [-0.15, -0.1) is 13.2 Å². The first-order valence-corrected chi connectivity index (χ1v) is 2.71. The van der Waals surface area contributed by atoms with Crippen molar-refractivity contribution in [1.82, 2.24) is 0 Å². The van der Waals surface area contributed by atoms with Crippen molar-refractivity contribution < 1.29 is 15.0 Å². The molecule has 64 valence electrons. The Labute approximate surface area is 67.0 Å². The summed E-state index contributed by atoms with van der Waals surface area (Å²) in [6.07, 6.45) is 1.00. The monoisotopic (exact) mass is 158 g/mol. The van der Waals surface area contributed by atoms with Crippen molar-refractivity contribution in [2.24, 2.45) is 0 Å². The van der Waals surface area contributed by atoms with Gasteiger partial charge >= 0.3 is 0 Å². The number of carboxylic acids is 1. The Morgan fingerprint density at radius 2 is 1.64 bits per heavy atom. The average molecular weight is 158 g/mol. The minimum Gasteiger partial charge on any atom is -0.599 e. The summed E-state index contributed by atoms with van der Waals surface area (Å²) in [5, 5.41) is 15.5. The van der Waals surface area contributed by atoms with Gasteiger partial charge in [0, 0.05) is 0 Å². The zero-order valence-electron chi connectivity index (χ0n) is 6.72. The Balaban J connectivity index is -0.000000109. The van der Waals surface area contributed by atoms with Crippen LogP contribution in [0.25, 0.3) is 0 Å². The summed E-state index contributed by atoms with van der Waals surface area (Å²) in [5.41, 5.74) is 0.0648. The normalized spacial score (nSPS) is 5.55. The van der Waals surface area contributed by atoms with E-state index in [1.807, 2.05) is 0 Å². The molecule has 0 fully saturated rings. The van der Waals surface area contributed by atoms with Crippen LogP contribution in [0.4, 0.5) is 0 Å². The maximum Gasteiger partial charge on any atom is 0.209 e. The standard InChI is InChI=1S/C4H6O2.C2H4O.C2H4/c1-3(2)4(5)6;1-2-3;1-2/h1H2,2H3,(H,5,6);2-3H,1H2;1-2H2. The second-order valence-corrected chi connectivity index (χ2v) is 1.27. The summed E-state index contributed by atoms with van der Waals surface area (Å²) in [4.78, 5) is 9.49. The van der Waals surface area contributed by atoms with Gasteiger partial charge in [0.15, 0.2) is 0 Å². The van der Waals surface area contributed by atoms with E-state index in [2.05, 4.69) is 26.3 Å². The molecule has 0 aromatic heterocycles. The van der Waals surface area contributed by atoms with Crippen molar-refractivity contribution >= 4 is 5.97 Å². The second-order valence-electron chi connectivity index (χ2n) is 1.27. The zero-order chi connectivity index (χ0) is 9.86. The van der Waals surface area contributed by atoms with Gasteiger partial charge in [-0.05, 0) is 19.1 Å². The van der Waals surface area contributed by atoms with Gasteiger partial charge in [-0.2, -0.15) is 0 Å². The van der Waals surface area contributed by atoms with E-state index in [0.29, 0.717) is 0 Å². The lowest BCUT2D eigenvalue weighted by atomic mass is 10.4. The maximum absolute atomic E-state index is 9.49. The molecule has 0 heterocycles. The first-order valence-electron chi connectivity index (χ1n) is 2.71. The highest BCUT2D eigenvalue weighted by atomic mass is 16.4. The van der Waals surface area contributed by atoms with E-state index in [0.717, 1.165) is 6.26 Å². The molecule has 0 bridgehead atoms. The van der Waals surface area contributed by atoms with E-state index in [-0.39, 0.29) is 5.57 Å². The lowest BCUT2D eigenvalue weighted by molar-refractivity contribution is -0.299. The van der Waals surface area contributed by atoms with Crippen LogP contribution in [0.1, 0.15) is 6.92 Å². The number of hydrogen-bond acceptors (Lipinski definition) is 2. The summed E-state index contributed by atoms with van der Waals surface area (Å²) >= 11 is 0. The van der Waals surface area contributed by atoms with Crippen LogP contribution in [-0.4, -0.2) is 11.1 Å². The molecule has 0 aromatic rings. The van der Waals surface area contributed by atoms with E-state index in [9.17, 15) is 9.90 Å². The highest BCUT2D eigenvalue weighted by molar-refractivity contribution is 5.82. The van der Waals surface area contributed by atoms with Gasteiger partial charge in [-0.1, -0.05) is 6.58 Å². The third-order valence-electron chi connectivity index (χ3n) is 0.348. The van der Waals surface area contributed by atoms with Crippen LogP contribution >= 0.6 is 0 Å². The van der Waals surface area contributed by atoms with E-state index in [1.54, 1.807) is 0 Å². The van der Waals surface area contributed by atoms with Gasteiger partial charge in [0.1, 0.15) is 0 Å². The van der Waals surface area contributed by atoms with E-state index >= 15 is 0 Å². The number of hydrogen-bond donors (Lipinski definition) is 0. The molecule has 0 atom stereocenters. The van der Waals surface area contributed by atoms with Crippen LogP contribution in [0.2, 0.25) is 0 Å². The predicted molar refractivity (Wildman–Crippen MR) is 44.9 cm³/mol. The first-order chi connectivity index (χ1) is 5.06. The Kier molecular flexibility index (Phi) is 23.3. The second kappa shape index (κ2) is 15.8. The van der Waals surface area contributed by atoms with E-state index < -0.39 is 5.97 Å². The summed E-state index contributed by atoms with van der Waals surface area (Å²) in [6, 6.07) is 0. The van der Waals surface area contributed by atoms with Crippen molar-refractivity contribution in [2.75, 3.05) is 0 Å². The first kappa shape index (κ1) is 16.2. The Bertz CT molecular complexity index is 115. The lowest BCUT2D eigenvalue weighted by Gasteiger charge is -1.93. The van der Waals surface area contributed by atoms with Crippen molar-refractivity contribution in [3.05, 3.63) is 38.2 Å². The molecule has 3 nitrogen and oxygen atoms in total. The van der Waals surface area contributed by atoms with Gasteiger partial charge in [0.05, 0.1) is 5.97 Å². The molecule has 2 N–H and O–H groups in total. The third-order valence-corrected chi connectivity index (χ3v) is 0.348. The number of rotatable bonds is 1. The van der Waals surface area contributed by atoms with Crippen LogP contribution in [-0.2, 0) is 4.79 Å². The van der Waals surface area contributed by atoms with Crippen LogP contribution in [0.5, 0.6) is 0 Å². The molecular weight excluding hydrogens is 144 g/mol. The fraction of sp³-hybridized carbons (Fsp3) is 0.125. The van der Waals surface area contributed by atoms with Gasteiger partial charge in [0.2, 0.25) is 6.26 Å². The molecule has 0 rings (SSSR count).